The average Bonchev–Trinajstić information content (AvgIpc) is 2.92. The minimum atomic E-state index is -0.259. The number of carbonyl (C=O) groups excluding carboxylic acids is 1. The fourth-order valence-corrected chi connectivity index (χ4v) is 2.04. The highest BCUT2D eigenvalue weighted by atomic mass is 16.3. The van der Waals surface area contributed by atoms with Gasteiger partial charge in [-0.15, -0.1) is 10.2 Å². The maximum atomic E-state index is 12.2. The van der Waals surface area contributed by atoms with E-state index in [1.165, 1.54) is 12.5 Å². The molecule has 0 spiro atoms. The van der Waals surface area contributed by atoms with Crippen LogP contribution in [0.3, 0.4) is 0 Å². The van der Waals surface area contributed by atoms with E-state index in [4.69, 9.17) is 4.42 Å². The predicted molar refractivity (Wildman–Crippen MR) is 73.2 cm³/mol. The molecule has 1 aromatic rings. The van der Waals surface area contributed by atoms with E-state index in [1.807, 2.05) is 37.3 Å². The number of nitrogens with zero attached hydrogens (tertiary/aromatic N) is 2. The molecule has 0 saturated heterocycles. The van der Waals surface area contributed by atoms with Crippen LogP contribution in [0.15, 0.2) is 53.3 Å². The Morgan fingerprint density at radius 3 is 2.80 bits per heavy atom. The predicted octanol–water partition coefficient (Wildman–Crippen LogP) is 2.67. The van der Waals surface area contributed by atoms with Crippen LogP contribution in [0.25, 0.3) is 11.3 Å². The second-order valence-corrected chi connectivity index (χ2v) is 4.51. The highest BCUT2D eigenvalue weighted by Gasteiger charge is 2.21. The van der Waals surface area contributed by atoms with Gasteiger partial charge in [-0.05, 0) is 12.5 Å². The normalized spacial score (nSPS) is 12.2. The molecule has 0 bridgehead atoms. The van der Waals surface area contributed by atoms with Crippen molar-refractivity contribution in [1.29, 1.82) is 0 Å². The molecule has 5 nitrogen and oxygen atoms in total. The Bertz CT molecular complexity index is 693. The molecule has 1 aromatic carbocycles. The van der Waals surface area contributed by atoms with Gasteiger partial charge >= 0.3 is 0 Å². The lowest BCUT2D eigenvalue weighted by Gasteiger charge is -2.13. The van der Waals surface area contributed by atoms with Crippen LogP contribution < -0.4 is 5.32 Å². The first-order valence-electron chi connectivity index (χ1n) is 6.30. The van der Waals surface area contributed by atoms with E-state index in [0.717, 1.165) is 5.56 Å². The number of benzene rings is 1. The Morgan fingerprint density at radius 1 is 1.20 bits per heavy atom. The lowest BCUT2D eigenvalue weighted by atomic mass is 10.1. The summed E-state index contributed by atoms with van der Waals surface area (Å²) in [7, 11) is 0. The molecule has 0 saturated carbocycles. The van der Waals surface area contributed by atoms with Crippen LogP contribution in [0.5, 0.6) is 0 Å². The summed E-state index contributed by atoms with van der Waals surface area (Å²) in [5, 5.41) is 10.8. The zero-order valence-corrected chi connectivity index (χ0v) is 10.9. The van der Waals surface area contributed by atoms with Gasteiger partial charge in [0.15, 0.2) is 5.69 Å². The molecular weight excluding hydrogens is 254 g/mol. The van der Waals surface area contributed by atoms with Crippen molar-refractivity contribution in [3.63, 3.8) is 0 Å². The molecule has 1 atom stereocenters. The van der Waals surface area contributed by atoms with Gasteiger partial charge in [-0.25, -0.2) is 0 Å². The first-order chi connectivity index (χ1) is 9.75. The molecule has 0 aliphatic carbocycles. The zero-order valence-electron chi connectivity index (χ0n) is 10.9. The van der Waals surface area contributed by atoms with Crippen LogP contribution in [-0.4, -0.2) is 16.1 Å². The van der Waals surface area contributed by atoms with Gasteiger partial charge in [-0.1, -0.05) is 30.3 Å². The third-order valence-electron chi connectivity index (χ3n) is 3.14. The van der Waals surface area contributed by atoms with Gasteiger partial charge in [0, 0.05) is 6.07 Å². The molecule has 3 rings (SSSR count). The molecule has 0 aromatic heterocycles. The van der Waals surface area contributed by atoms with Crippen LogP contribution in [0.2, 0.25) is 0 Å². The smallest absolute Gasteiger partial charge is 0.273 e. The molecule has 100 valence electrons. The Morgan fingerprint density at radius 2 is 2.00 bits per heavy atom. The standard InChI is InChI=1S/C15H13N3O2/c1-10(11-5-3-2-4-6-11)16-15(19)14-12-9-20-8-7-13(12)17-18-14/h2-10H,1H3,(H,16,19)/t10-/m1/s1. The van der Waals surface area contributed by atoms with Gasteiger partial charge in [0.1, 0.15) is 12.0 Å². The highest BCUT2D eigenvalue weighted by Crippen LogP contribution is 2.22. The molecular formula is C15H13N3O2. The maximum absolute atomic E-state index is 12.2. The molecule has 2 aliphatic rings. The number of carbonyl (C=O) groups is 1. The van der Waals surface area contributed by atoms with Crippen molar-refractivity contribution >= 4 is 5.91 Å². The van der Waals surface area contributed by atoms with E-state index in [1.54, 1.807) is 6.07 Å². The van der Waals surface area contributed by atoms with Gasteiger partial charge in [0.2, 0.25) is 0 Å². The summed E-state index contributed by atoms with van der Waals surface area (Å²) in [5.74, 6) is -0.259. The number of fused-ring (bicyclic) bond motifs is 1. The number of amides is 1. The van der Waals surface area contributed by atoms with E-state index in [9.17, 15) is 4.79 Å². The number of nitrogens with one attached hydrogen (secondary N) is 1. The molecule has 2 aliphatic heterocycles. The SMILES string of the molecule is C[C@@H](NC(=O)c1nnc2ccocc1-2)c1ccccc1. The molecule has 20 heavy (non-hydrogen) atoms. The summed E-state index contributed by atoms with van der Waals surface area (Å²) in [6, 6.07) is 11.3. The van der Waals surface area contributed by atoms with Crippen LogP contribution in [-0.2, 0) is 0 Å². The average molecular weight is 267 g/mol. The van der Waals surface area contributed by atoms with Gasteiger partial charge in [-0.2, -0.15) is 0 Å². The van der Waals surface area contributed by atoms with Crippen LogP contribution in [0.4, 0.5) is 0 Å². The molecule has 0 unspecified atom stereocenters. The highest BCUT2D eigenvalue weighted by molar-refractivity contribution is 5.98. The Balaban J connectivity index is 1.80. The lowest BCUT2D eigenvalue weighted by molar-refractivity contribution is 0.0935. The van der Waals surface area contributed by atoms with Crippen molar-refractivity contribution in [2.75, 3.05) is 0 Å². The van der Waals surface area contributed by atoms with Gasteiger partial charge in [-0.3, -0.25) is 4.79 Å². The number of hydrogen-bond donors (Lipinski definition) is 1. The quantitative estimate of drug-likeness (QED) is 0.792. The van der Waals surface area contributed by atoms with Crippen molar-refractivity contribution in [3.8, 4) is 11.3 Å². The molecule has 2 heterocycles. The van der Waals surface area contributed by atoms with Gasteiger partial charge < -0.3 is 9.73 Å². The fraction of sp³-hybridized carbons (Fsp3) is 0.133. The number of rotatable bonds is 3. The summed E-state index contributed by atoms with van der Waals surface area (Å²) in [4.78, 5) is 12.2. The molecule has 0 radical (unpaired) electrons. The second kappa shape index (κ2) is 5.13. The summed E-state index contributed by atoms with van der Waals surface area (Å²) in [6.07, 6.45) is 2.99. The van der Waals surface area contributed by atoms with Gasteiger partial charge in [0.25, 0.3) is 5.91 Å². The molecule has 1 amide bonds. The zero-order chi connectivity index (χ0) is 13.9. The minimum Gasteiger partial charge on any atom is -0.472 e. The maximum Gasteiger partial charge on any atom is 0.273 e. The summed E-state index contributed by atoms with van der Waals surface area (Å²) in [6.45, 7) is 1.93. The van der Waals surface area contributed by atoms with Crippen LogP contribution in [0.1, 0.15) is 29.0 Å². The van der Waals surface area contributed by atoms with Crippen molar-refractivity contribution in [1.82, 2.24) is 15.5 Å². The van der Waals surface area contributed by atoms with E-state index < -0.39 is 0 Å². The van der Waals surface area contributed by atoms with Crippen molar-refractivity contribution in [3.05, 3.63) is 60.2 Å². The van der Waals surface area contributed by atoms with Crippen molar-refractivity contribution in [2.45, 2.75) is 13.0 Å². The third-order valence-corrected chi connectivity index (χ3v) is 3.14. The first kappa shape index (κ1) is 12.3. The topological polar surface area (TPSA) is 68.0 Å². The summed E-state index contributed by atoms with van der Waals surface area (Å²) in [5.41, 5.74) is 2.58. The number of aromatic nitrogens is 2. The Labute approximate surface area is 116 Å². The number of hydrogen-bond acceptors (Lipinski definition) is 4. The molecule has 0 fully saturated rings. The third kappa shape index (κ3) is 2.25. The Kier molecular flexibility index (Phi) is 3.16. The second-order valence-electron chi connectivity index (χ2n) is 4.51. The fourth-order valence-electron chi connectivity index (χ4n) is 2.04. The van der Waals surface area contributed by atoms with Crippen LogP contribution in [0, 0.1) is 0 Å². The monoisotopic (exact) mass is 267 g/mol. The molecule has 1 N–H and O–H groups in total. The Hall–Kier alpha value is -2.69. The van der Waals surface area contributed by atoms with E-state index in [2.05, 4.69) is 15.5 Å². The summed E-state index contributed by atoms with van der Waals surface area (Å²) < 4.78 is 5.07. The molecule has 5 heteroatoms. The largest absolute Gasteiger partial charge is 0.472 e. The minimum absolute atomic E-state index is 0.101. The van der Waals surface area contributed by atoms with E-state index >= 15 is 0 Å². The van der Waals surface area contributed by atoms with Crippen molar-refractivity contribution < 1.29 is 9.21 Å². The van der Waals surface area contributed by atoms with E-state index in [0.29, 0.717) is 11.3 Å². The summed E-state index contributed by atoms with van der Waals surface area (Å²) >= 11 is 0. The first-order valence-corrected chi connectivity index (χ1v) is 6.30. The van der Waals surface area contributed by atoms with Crippen molar-refractivity contribution in [2.24, 2.45) is 0 Å². The lowest BCUT2D eigenvalue weighted by Crippen LogP contribution is -2.27. The van der Waals surface area contributed by atoms with E-state index in [-0.39, 0.29) is 17.6 Å². The van der Waals surface area contributed by atoms with Crippen LogP contribution >= 0.6 is 0 Å². The van der Waals surface area contributed by atoms with Gasteiger partial charge in [0.05, 0.1) is 17.9 Å².